The number of aliphatic hydroxyl groups is 1. The normalized spacial score (nSPS) is 28.2. The smallest absolute Gasteiger partial charge is 0.313 e. The van der Waals surface area contributed by atoms with Gasteiger partial charge in [-0.1, -0.05) is 58.4 Å². The fraction of sp³-hybridized carbons (Fsp3) is 0.632. The van der Waals surface area contributed by atoms with Crippen LogP contribution in [0, 0.1) is 11.8 Å². The summed E-state index contributed by atoms with van der Waals surface area (Å²) in [7, 11) is 1.69. The second-order valence-corrected chi connectivity index (χ2v) is 15.2. The number of carbonyl (C=O) groups is 4. The van der Waals surface area contributed by atoms with E-state index < -0.39 is 47.7 Å². The van der Waals surface area contributed by atoms with Gasteiger partial charge < -0.3 is 34.0 Å². The highest BCUT2D eigenvalue weighted by atomic mass is 79.9. The first-order chi connectivity index (χ1) is 24.6. The Labute approximate surface area is 309 Å². The molecular weight excluding hydrogens is 720 g/mol. The van der Waals surface area contributed by atoms with Gasteiger partial charge in [0, 0.05) is 64.2 Å². The average Bonchev–Trinajstić information content (AvgIpc) is 3.74. The van der Waals surface area contributed by atoms with Crippen LogP contribution in [-0.4, -0.2) is 143 Å². The van der Waals surface area contributed by atoms with Gasteiger partial charge in [0.15, 0.2) is 0 Å². The maximum atomic E-state index is 14.7. The molecule has 3 amide bonds. The van der Waals surface area contributed by atoms with Crippen LogP contribution in [0.2, 0.25) is 0 Å². The molecule has 4 aliphatic heterocycles. The van der Waals surface area contributed by atoms with Crippen molar-refractivity contribution in [3.63, 3.8) is 0 Å². The number of fused-ring (bicyclic) bond motifs is 1. The summed E-state index contributed by atoms with van der Waals surface area (Å²) in [5.74, 6) is -3.18. The predicted octanol–water partition coefficient (Wildman–Crippen LogP) is 2.95. The molecule has 4 aliphatic rings. The Morgan fingerprint density at radius 2 is 1.86 bits per heavy atom. The number of amides is 3. The van der Waals surface area contributed by atoms with Gasteiger partial charge in [0.2, 0.25) is 17.7 Å². The fourth-order valence-corrected chi connectivity index (χ4v) is 9.09. The van der Waals surface area contributed by atoms with Gasteiger partial charge >= 0.3 is 5.97 Å². The zero-order valence-electron chi connectivity index (χ0n) is 29.9. The molecule has 4 heterocycles. The van der Waals surface area contributed by atoms with Gasteiger partial charge in [-0.3, -0.25) is 24.1 Å². The number of benzene rings is 1. The van der Waals surface area contributed by atoms with E-state index in [2.05, 4.69) is 34.0 Å². The van der Waals surface area contributed by atoms with Crippen molar-refractivity contribution in [1.29, 1.82) is 0 Å². The Kier molecular flexibility index (Phi) is 13.5. The molecule has 1 spiro atoms. The van der Waals surface area contributed by atoms with E-state index in [9.17, 15) is 24.3 Å². The molecule has 1 aromatic carbocycles. The molecule has 0 aliphatic carbocycles. The first-order valence-corrected chi connectivity index (χ1v) is 19.1. The molecular formula is C38H53BrN4O8. The fourth-order valence-electron chi connectivity index (χ4n) is 8.14. The van der Waals surface area contributed by atoms with Crippen LogP contribution in [0.3, 0.4) is 0 Å². The van der Waals surface area contributed by atoms with E-state index in [0.717, 1.165) is 13.1 Å². The molecule has 0 radical (unpaired) electrons. The van der Waals surface area contributed by atoms with Gasteiger partial charge in [-0.25, -0.2) is 0 Å². The number of hydrogen-bond donors (Lipinski definition) is 1. The molecule has 4 saturated heterocycles. The molecule has 8 atom stereocenters. The topological polar surface area (TPSA) is 129 Å². The van der Waals surface area contributed by atoms with Crippen LogP contribution in [0.5, 0.6) is 0 Å². The molecule has 13 heteroatoms. The number of esters is 1. The lowest BCUT2D eigenvalue weighted by Gasteiger charge is -2.38. The third-order valence-electron chi connectivity index (χ3n) is 10.9. The van der Waals surface area contributed by atoms with E-state index >= 15 is 0 Å². The number of aliphatic hydroxyl groups excluding tert-OH is 1. The summed E-state index contributed by atoms with van der Waals surface area (Å²) in [6, 6.07) is 7.79. The highest BCUT2D eigenvalue weighted by Crippen LogP contribution is 2.60. The molecule has 5 rings (SSSR count). The number of rotatable bonds is 18. The van der Waals surface area contributed by atoms with Crippen LogP contribution in [0.25, 0.3) is 0 Å². The van der Waals surface area contributed by atoms with Crippen molar-refractivity contribution in [2.24, 2.45) is 11.8 Å². The summed E-state index contributed by atoms with van der Waals surface area (Å²) in [5, 5.41) is 9.56. The molecule has 2 bridgehead atoms. The Morgan fingerprint density at radius 3 is 2.53 bits per heavy atom. The van der Waals surface area contributed by atoms with Gasteiger partial charge in [0.1, 0.15) is 17.7 Å². The largest absolute Gasteiger partial charge is 0.455 e. The highest BCUT2D eigenvalue weighted by Gasteiger charge is 2.77. The number of carbonyl (C=O) groups excluding carboxylic acids is 4. The molecule has 12 nitrogen and oxygen atoms in total. The van der Waals surface area contributed by atoms with Crippen molar-refractivity contribution in [3.8, 4) is 0 Å². The Hall–Kier alpha value is -3.10. The monoisotopic (exact) mass is 772 g/mol. The molecule has 1 aromatic rings. The zero-order valence-corrected chi connectivity index (χ0v) is 31.5. The van der Waals surface area contributed by atoms with E-state index in [4.69, 9.17) is 14.2 Å². The maximum Gasteiger partial charge on any atom is 0.313 e. The van der Waals surface area contributed by atoms with E-state index in [0.29, 0.717) is 64.1 Å². The SMILES string of the molecule is C=CCCC(=O)N(C)[C@@H](C)[C@@H](OC(=O)[C@H]1[C@@H]2O[C@@]3(CC2Br)[C@@H]1C(=O)N(CCCCO)[C@@H]3C(=O)N(CC=C)CCN1CCOCC1)c1ccccc1. The van der Waals surface area contributed by atoms with Gasteiger partial charge in [-0.15, -0.1) is 13.2 Å². The third-order valence-corrected chi connectivity index (χ3v) is 11.8. The van der Waals surface area contributed by atoms with E-state index in [1.807, 2.05) is 37.3 Å². The van der Waals surface area contributed by atoms with Crippen molar-refractivity contribution in [2.75, 3.05) is 66.1 Å². The summed E-state index contributed by atoms with van der Waals surface area (Å²) in [5.41, 5.74) is -0.535. The number of likely N-dealkylation sites (tertiary alicyclic amines) is 1. The average molecular weight is 774 g/mol. The number of allylic oxidation sites excluding steroid dienone is 1. The molecule has 0 saturated carbocycles. The van der Waals surface area contributed by atoms with Crippen molar-refractivity contribution >= 4 is 39.6 Å². The minimum Gasteiger partial charge on any atom is -0.455 e. The van der Waals surface area contributed by atoms with Crippen LogP contribution in [0.15, 0.2) is 55.6 Å². The standard InChI is InChI=1S/C38H53BrN4O8/c1-5-7-15-29(45)40(4)26(3)32(27-13-9-8-10-14-27)50-37(48)30-31-35(46)43(17-11-12-22-44)34(38(31)25-28(39)33(30)51-38)36(47)42(16-6-2)19-18-41-20-23-49-24-21-41/h5-6,8-10,13-14,26,28,30-34,44H,1-2,7,11-12,15-25H2,3-4H3/t26-,28?,30+,31-,32+,33+,34+,38-/m0/s1. The second-order valence-electron chi connectivity index (χ2n) is 14.0. The number of unbranched alkanes of at least 4 members (excludes halogenated alkanes) is 1. The highest BCUT2D eigenvalue weighted by molar-refractivity contribution is 9.09. The number of nitrogens with zero attached hydrogens (tertiary/aromatic N) is 4. The summed E-state index contributed by atoms with van der Waals surface area (Å²) in [6.07, 6.45) is 3.98. The van der Waals surface area contributed by atoms with Crippen molar-refractivity contribution in [2.45, 2.75) is 73.7 Å². The van der Waals surface area contributed by atoms with Crippen LogP contribution in [0.1, 0.15) is 50.7 Å². The van der Waals surface area contributed by atoms with Crippen LogP contribution < -0.4 is 0 Å². The van der Waals surface area contributed by atoms with Crippen molar-refractivity contribution in [1.82, 2.24) is 19.6 Å². The molecule has 51 heavy (non-hydrogen) atoms. The van der Waals surface area contributed by atoms with Crippen LogP contribution >= 0.6 is 15.9 Å². The predicted molar refractivity (Wildman–Crippen MR) is 195 cm³/mol. The summed E-state index contributed by atoms with van der Waals surface area (Å²) >= 11 is 3.76. The molecule has 1 unspecified atom stereocenters. The van der Waals surface area contributed by atoms with Gasteiger partial charge in [0.25, 0.3) is 0 Å². The number of hydrogen-bond acceptors (Lipinski definition) is 9. The first kappa shape index (κ1) is 39.1. The minimum atomic E-state index is -1.25. The Bertz CT molecular complexity index is 1410. The Balaban J connectivity index is 1.45. The van der Waals surface area contributed by atoms with E-state index in [1.165, 1.54) is 0 Å². The van der Waals surface area contributed by atoms with Gasteiger partial charge in [-0.05, 0) is 38.2 Å². The number of ether oxygens (including phenoxy) is 3. The minimum absolute atomic E-state index is 0.0437. The molecule has 4 fully saturated rings. The lowest BCUT2D eigenvalue weighted by atomic mass is 9.70. The Morgan fingerprint density at radius 1 is 1.14 bits per heavy atom. The summed E-state index contributed by atoms with van der Waals surface area (Å²) in [6.45, 7) is 13.9. The molecule has 280 valence electrons. The number of likely N-dealkylation sites (N-methyl/N-ethyl adjacent to an activating group) is 1. The van der Waals surface area contributed by atoms with Crippen molar-refractivity contribution in [3.05, 3.63) is 61.2 Å². The lowest BCUT2D eigenvalue weighted by molar-refractivity contribution is -0.164. The number of morpholine rings is 1. The summed E-state index contributed by atoms with van der Waals surface area (Å²) in [4.78, 5) is 63.7. The maximum absolute atomic E-state index is 14.7. The first-order valence-electron chi connectivity index (χ1n) is 18.1. The van der Waals surface area contributed by atoms with E-state index in [1.54, 1.807) is 33.9 Å². The third kappa shape index (κ3) is 8.12. The second kappa shape index (κ2) is 17.6. The molecule has 0 aromatic heterocycles. The zero-order chi connectivity index (χ0) is 36.7. The molecule has 1 N–H and O–H groups in total. The quantitative estimate of drug-likeness (QED) is 0.104. The van der Waals surface area contributed by atoms with Gasteiger partial charge in [-0.2, -0.15) is 0 Å². The van der Waals surface area contributed by atoms with Crippen LogP contribution in [0.4, 0.5) is 0 Å². The van der Waals surface area contributed by atoms with Gasteiger partial charge in [0.05, 0.1) is 37.2 Å². The van der Waals surface area contributed by atoms with E-state index in [-0.39, 0.29) is 42.1 Å². The van der Waals surface area contributed by atoms with Crippen LogP contribution in [-0.2, 0) is 33.4 Å². The lowest BCUT2D eigenvalue weighted by Crippen LogP contribution is -2.57. The number of halogens is 1. The van der Waals surface area contributed by atoms with Crippen molar-refractivity contribution < 1.29 is 38.5 Å². The number of alkyl halides is 1. The summed E-state index contributed by atoms with van der Waals surface area (Å²) < 4.78 is 18.6.